The molecule has 16 heteroatoms. The Labute approximate surface area is 632 Å². The Morgan fingerprint density at radius 3 is 0.132 bits per heavy atom. The van der Waals surface area contributed by atoms with Gasteiger partial charge in [-0.15, -0.1) is 79.3 Å². The molecule has 500 valence electrons. The summed E-state index contributed by atoms with van der Waals surface area (Å²) in [6.07, 6.45) is 0. The van der Waals surface area contributed by atoms with Crippen LogP contribution in [0.25, 0.3) is 0 Å². The van der Waals surface area contributed by atoms with Gasteiger partial charge < -0.3 is 61.3 Å². The van der Waals surface area contributed by atoms with Gasteiger partial charge in [0.1, 0.15) is 0 Å². The topological polar surface area (TPSA) is 277 Å². The molecule has 0 spiro atoms. The molecular weight excluding hydrogens is 1600 g/mol. The summed E-state index contributed by atoms with van der Waals surface area (Å²) in [7, 11) is 0. The molecular formula is C60H132O12Yb4. The molecule has 76 heavy (non-hydrogen) atoms. The Bertz CT molecular complexity index is 728. The van der Waals surface area contributed by atoms with Crippen LogP contribution < -0.4 is 61.3 Å². The zero-order chi connectivity index (χ0) is 62.5. The zero-order valence-electron chi connectivity index (χ0n) is 56.5. The summed E-state index contributed by atoms with van der Waals surface area (Å²) in [6, 6.07) is 0. The third kappa shape index (κ3) is 284. The van der Waals surface area contributed by atoms with Crippen molar-refractivity contribution in [3.05, 3.63) is 0 Å². The van der Waals surface area contributed by atoms with E-state index in [2.05, 4.69) is 0 Å². The van der Waals surface area contributed by atoms with E-state index in [-0.39, 0.29) is 332 Å². The van der Waals surface area contributed by atoms with Gasteiger partial charge in [-0.3, -0.25) is 0 Å². The normalized spacial score (nSPS) is 11.4. The van der Waals surface area contributed by atoms with Gasteiger partial charge >= 0.3 is 188 Å². The maximum Gasteiger partial charge on any atom is 3.00 e. The number of rotatable bonds is 0. The summed E-state index contributed by atoms with van der Waals surface area (Å²) in [4.78, 5) is 0. The van der Waals surface area contributed by atoms with Crippen molar-refractivity contribution in [2.45, 2.75) is 249 Å². The van der Waals surface area contributed by atoms with E-state index in [1.54, 1.807) is 0 Å². The van der Waals surface area contributed by atoms with E-state index in [9.17, 15) is 61.3 Å². The Hall–Kier alpha value is 5.60. The van der Waals surface area contributed by atoms with Crippen molar-refractivity contribution in [1.29, 1.82) is 0 Å². The van der Waals surface area contributed by atoms with Gasteiger partial charge in [-0.25, -0.2) is 0 Å². The van der Waals surface area contributed by atoms with E-state index in [1.165, 1.54) is 0 Å². The second-order valence-corrected chi connectivity index (χ2v) is 32.5. The van der Waals surface area contributed by atoms with Crippen molar-refractivity contribution in [3.8, 4) is 0 Å². The third-order valence-electron chi connectivity index (χ3n) is 5.20. The summed E-state index contributed by atoms with van der Waals surface area (Å²) in [5.41, 5.74) is -0.167. The molecule has 0 saturated carbocycles. The van der Waals surface area contributed by atoms with E-state index >= 15 is 0 Å². The molecule has 0 heterocycles. The third-order valence-corrected chi connectivity index (χ3v) is 5.20. The van der Waals surface area contributed by atoms with Crippen LogP contribution in [0.2, 0.25) is 0 Å². The maximum atomic E-state index is 9.95. The Kier molecular flexibility index (Phi) is 103. The maximum absolute atomic E-state index is 9.95. The summed E-state index contributed by atoms with van der Waals surface area (Å²) in [5, 5.41) is 119. The van der Waals surface area contributed by atoms with Crippen LogP contribution in [0, 0.1) is 253 Å². The van der Waals surface area contributed by atoms with E-state index in [0.29, 0.717) is 0 Å². The quantitative estimate of drug-likeness (QED) is 0.319. The second kappa shape index (κ2) is 63.6. The molecule has 4 radical (unpaired) electrons. The average Bonchev–Trinajstić information content (AvgIpc) is 3.17. The van der Waals surface area contributed by atoms with E-state index in [1.807, 2.05) is 249 Å². The second-order valence-electron chi connectivity index (χ2n) is 32.5. The molecule has 0 aromatic rings. The van der Waals surface area contributed by atoms with Crippen molar-refractivity contribution in [2.75, 3.05) is 79.3 Å². The first-order valence-corrected chi connectivity index (χ1v) is 25.7. The van der Waals surface area contributed by atoms with Crippen molar-refractivity contribution in [1.82, 2.24) is 0 Å². The first-order valence-electron chi connectivity index (χ1n) is 25.7. The molecule has 0 aliphatic heterocycles. The monoisotopic (exact) mass is 1740 g/mol. The van der Waals surface area contributed by atoms with E-state index < -0.39 is 0 Å². The van der Waals surface area contributed by atoms with Crippen LogP contribution in [0.3, 0.4) is 0 Å². The van der Waals surface area contributed by atoms with Crippen molar-refractivity contribution in [2.24, 2.45) is 65.0 Å². The Balaban J connectivity index is -0.0000000367. The van der Waals surface area contributed by atoms with Gasteiger partial charge in [0.2, 0.25) is 0 Å². The number of hydrogen-bond donors (Lipinski definition) is 0. The average molecular weight is 1740 g/mol. The molecule has 0 N–H and O–H groups in total. The predicted octanol–water partition coefficient (Wildman–Crippen LogP) is 4.71. The molecule has 0 rings (SSSR count). The first-order chi connectivity index (χ1) is 30.7. The van der Waals surface area contributed by atoms with Gasteiger partial charge in [0.05, 0.1) is 0 Å². The smallest absolute Gasteiger partial charge is 0.854 e. The van der Waals surface area contributed by atoms with Gasteiger partial charge in [0.25, 0.3) is 0 Å². The fraction of sp³-hybridized carbons (Fsp3) is 1.00. The van der Waals surface area contributed by atoms with E-state index in [4.69, 9.17) is 0 Å². The number of hydrogen-bond acceptors (Lipinski definition) is 12. The minimum Gasteiger partial charge on any atom is -0.854 e. The summed E-state index contributed by atoms with van der Waals surface area (Å²) in [5.74, 6) is 0. The van der Waals surface area contributed by atoms with Crippen molar-refractivity contribution >= 4 is 0 Å². The predicted molar refractivity (Wildman–Crippen MR) is 292 cm³/mol. The Morgan fingerprint density at radius 1 is 0.118 bits per heavy atom. The first kappa shape index (κ1) is 123. The summed E-state index contributed by atoms with van der Waals surface area (Å²) in [6.45, 7) is 69.8. The van der Waals surface area contributed by atoms with Gasteiger partial charge in [0.15, 0.2) is 0 Å². The largest absolute Gasteiger partial charge is 3.00 e. The Morgan fingerprint density at radius 2 is 0.132 bits per heavy atom. The molecule has 12 nitrogen and oxygen atoms in total. The molecule has 0 aliphatic rings. The molecule has 0 aromatic heterocycles. The van der Waals surface area contributed by atoms with Crippen molar-refractivity contribution < 1.29 is 249 Å². The molecule has 0 aliphatic carbocycles. The van der Waals surface area contributed by atoms with Gasteiger partial charge in [-0.2, -0.15) is 0 Å². The molecule has 0 aromatic carbocycles. The SMILES string of the molecule is CC(C)(C)C[O-].CC(C)(C)C[O-].CC(C)(C)C[O-].CC(C)(C)C[O-].CC(C)(C)C[O-].CC(C)(C)C[O-].CC(C)(C)C[O-].CC(C)(C)C[O-].CC(C)(C)C[O-].CC(C)(C)C[O-].CC(C)(C)C[O-].CC(C)(C)C[O-].[Yb+3].[Yb+3].[Yb+3].[Yb+3]. The van der Waals surface area contributed by atoms with E-state index in [0.717, 1.165) is 0 Å². The fourth-order valence-corrected chi connectivity index (χ4v) is 0. The minimum absolute atomic E-state index is 0. The molecule has 0 unspecified atom stereocenters. The van der Waals surface area contributed by atoms with Crippen molar-refractivity contribution in [3.63, 3.8) is 0 Å². The van der Waals surface area contributed by atoms with Crippen LogP contribution >= 0.6 is 0 Å². The van der Waals surface area contributed by atoms with Crippen LogP contribution in [0.5, 0.6) is 0 Å². The summed E-state index contributed by atoms with van der Waals surface area (Å²) >= 11 is 0. The molecule has 0 atom stereocenters. The molecule has 0 fully saturated rings. The fourth-order valence-electron chi connectivity index (χ4n) is 0. The van der Waals surface area contributed by atoms with Crippen LogP contribution in [0.15, 0.2) is 0 Å². The molecule has 0 bridgehead atoms. The van der Waals surface area contributed by atoms with Gasteiger partial charge in [-0.1, -0.05) is 314 Å². The van der Waals surface area contributed by atoms with Crippen LogP contribution in [-0.2, 0) is 0 Å². The van der Waals surface area contributed by atoms with Crippen LogP contribution in [0.4, 0.5) is 0 Å². The summed E-state index contributed by atoms with van der Waals surface area (Å²) < 4.78 is 0. The minimum atomic E-state index is -0.0139. The zero-order valence-corrected chi connectivity index (χ0v) is 63.3. The van der Waals surface area contributed by atoms with Gasteiger partial charge in [-0.05, 0) is 0 Å². The molecule has 0 amide bonds. The van der Waals surface area contributed by atoms with Gasteiger partial charge in [0, 0.05) is 0 Å². The van der Waals surface area contributed by atoms with Crippen LogP contribution in [-0.4, -0.2) is 79.3 Å². The molecule has 0 saturated heterocycles. The standard InChI is InChI=1S/12C5H11O.4Yb/c12*1-5(2,3)4-6;;;;/h12*4H2,1-3H3;;;;/q12*-1;4*+3. The van der Waals surface area contributed by atoms with Crippen LogP contribution in [0.1, 0.15) is 249 Å².